The van der Waals surface area contributed by atoms with Gasteiger partial charge >= 0.3 is 0 Å². The number of carbonyl (C=O) groups is 4. The van der Waals surface area contributed by atoms with Crippen LogP contribution < -0.4 is 35.8 Å². The number of piperidine rings is 2. The number of methoxy groups -OCH3 is 1. The van der Waals surface area contributed by atoms with E-state index in [0.717, 1.165) is 96.3 Å². The van der Waals surface area contributed by atoms with Crippen molar-refractivity contribution in [1.29, 1.82) is 0 Å². The topological polar surface area (TPSA) is 187 Å². The predicted molar refractivity (Wildman–Crippen MR) is 276 cm³/mol. The molecule has 19 heteroatoms. The van der Waals surface area contributed by atoms with Crippen LogP contribution in [0.2, 0.25) is 5.02 Å². The Morgan fingerprint density at radius 3 is 2.30 bits per heavy atom. The molecule has 2 aromatic heterocycles. The van der Waals surface area contributed by atoms with Gasteiger partial charge in [-0.25, -0.2) is 4.98 Å². The van der Waals surface area contributed by atoms with Gasteiger partial charge in [0.1, 0.15) is 24.0 Å². The zero-order chi connectivity index (χ0) is 52.1. The number of anilines is 6. The first kappa shape index (κ1) is 43.9. The van der Waals surface area contributed by atoms with E-state index in [0.29, 0.717) is 39.7 Å². The van der Waals surface area contributed by atoms with Gasteiger partial charge in [0.05, 0.1) is 42.0 Å². The number of aromatic nitrogens is 4. The summed E-state index contributed by atoms with van der Waals surface area (Å²) in [6, 6.07) is 23.7. The number of halogens is 1. The number of carbonyl (C=O) groups excluding carboxylic acids is 4. The highest BCUT2D eigenvalue weighted by molar-refractivity contribution is 7.70. The van der Waals surface area contributed by atoms with E-state index in [9.17, 15) is 23.7 Å². The van der Waals surface area contributed by atoms with E-state index in [4.69, 9.17) is 25.4 Å². The molecule has 4 amide bonds. The van der Waals surface area contributed by atoms with Gasteiger partial charge in [0.2, 0.25) is 17.8 Å². The Morgan fingerprint density at radius 1 is 0.803 bits per heavy atom. The molecule has 3 saturated heterocycles. The first-order chi connectivity index (χ1) is 35.4. The summed E-state index contributed by atoms with van der Waals surface area (Å²) in [4.78, 5) is 68.2. The van der Waals surface area contributed by atoms with Gasteiger partial charge in [-0.2, -0.15) is 10.1 Å². The monoisotopic (exact) mass is 998 g/mol. The maximum Gasteiger partial charge on any atom is 0.262 e. The van der Waals surface area contributed by atoms with Crippen LogP contribution in [0.3, 0.4) is 0 Å². The lowest BCUT2D eigenvalue weighted by atomic mass is 9.94. The number of aryl methyl sites for hydroxylation is 1. The lowest BCUT2D eigenvalue weighted by molar-refractivity contribution is -0.136. The van der Waals surface area contributed by atoms with Crippen LogP contribution in [0.5, 0.6) is 5.75 Å². The molecule has 366 valence electrons. The third-order valence-electron chi connectivity index (χ3n) is 13.8. The Hall–Kier alpha value is -7.07. The average molecular weight is 1000 g/mol. The van der Waals surface area contributed by atoms with E-state index in [1.165, 1.54) is 12.4 Å². The number of imide groups is 2. The Kier molecular flexibility index (Phi) is 12.1. The number of hydrogen-bond acceptors (Lipinski definition) is 14. The van der Waals surface area contributed by atoms with Gasteiger partial charge in [-0.05, 0) is 86.0 Å². The Morgan fingerprint density at radius 2 is 1.58 bits per heavy atom. The molecule has 1 unspecified atom stereocenters. The number of nitrogens with one attached hydrogen (secondary N) is 3. The second-order valence-corrected chi connectivity index (χ2v) is 22.3. The molecule has 3 fully saturated rings. The number of rotatable bonds is 13. The van der Waals surface area contributed by atoms with E-state index in [2.05, 4.69) is 40.7 Å². The highest BCUT2D eigenvalue weighted by atomic mass is 35.5. The molecule has 10 rings (SSSR count). The third kappa shape index (κ3) is 9.86. The first-order valence-electron chi connectivity index (χ1n) is 25.1. The van der Waals surface area contributed by atoms with Gasteiger partial charge < -0.3 is 29.7 Å². The van der Waals surface area contributed by atoms with Crippen LogP contribution in [0.25, 0.3) is 22.3 Å². The molecular formula is C52H55ClN11O6P. The third-order valence-corrected chi connectivity index (χ3v) is 15.6. The molecule has 4 aliphatic heterocycles. The summed E-state index contributed by atoms with van der Waals surface area (Å²) in [6.45, 7) is 6.44. The fourth-order valence-electron chi connectivity index (χ4n) is 10.0. The number of nitrogens with zero attached hydrogens (tertiary/aromatic N) is 8. The van der Waals surface area contributed by atoms with Gasteiger partial charge in [-0.1, -0.05) is 48.0 Å². The van der Waals surface area contributed by atoms with Crippen molar-refractivity contribution in [2.75, 3.05) is 86.7 Å². The van der Waals surface area contributed by atoms with Crippen molar-refractivity contribution in [3.05, 3.63) is 114 Å². The minimum Gasteiger partial charge on any atom is -0.494 e. The smallest absolute Gasteiger partial charge is 0.262 e. The van der Waals surface area contributed by atoms with Crippen molar-refractivity contribution < 1.29 is 32.6 Å². The second-order valence-electron chi connectivity index (χ2n) is 18.7. The molecule has 71 heavy (non-hydrogen) atoms. The molecule has 3 N–H and O–H groups in total. The summed E-state index contributed by atoms with van der Waals surface area (Å²) in [5.74, 6) is -0.665. The summed E-state index contributed by atoms with van der Waals surface area (Å²) in [5.41, 5.74) is 6.60. The van der Waals surface area contributed by atoms with Gasteiger partial charge in [-0.15, -0.1) is 0 Å². The van der Waals surface area contributed by atoms with E-state index in [-0.39, 0.29) is 34.9 Å². The lowest BCUT2D eigenvalue weighted by Crippen LogP contribution is -2.54. The van der Waals surface area contributed by atoms with Crippen molar-refractivity contribution in [1.82, 2.24) is 34.9 Å². The maximum absolute atomic E-state index is 13.7. The summed E-state index contributed by atoms with van der Waals surface area (Å²) in [6.07, 6.45) is 6.54. The molecule has 0 aliphatic carbocycles. The fraction of sp³-hybridized carbons (Fsp3) is 0.327. The second kappa shape index (κ2) is 19.6. The predicted octanol–water partition coefficient (Wildman–Crippen LogP) is 7.38. The highest BCUT2D eigenvalue weighted by Crippen LogP contribution is 2.43. The Labute approximate surface area is 421 Å². The molecule has 0 radical (unpaired) electrons. The lowest BCUT2D eigenvalue weighted by Gasteiger charge is -2.40. The first-order valence-corrected chi connectivity index (χ1v) is 26.6. The van der Waals surface area contributed by atoms with Crippen LogP contribution in [0.1, 0.15) is 50.5 Å². The van der Waals surface area contributed by atoms with Crippen LogP contribution in [0.15, 0.2) is 97.5 Å². The van der Waals surface area contributed by atoms with Crippen LogP contribution in [0.4, 0.5) is 34.5 Å². The molecule has 0 spiro atoms. The minimum atomic E-state index is -2.79. The molecule has 4 aromatic carbocycles. The van der Waals surface area contributed by atoms with Gasteiger partial charge in [-0.3, -0.25) is 39.0 Å². The Bertz CT molecular complexity index is 3230. The number of benzene rings is 4. The van der Waals surface area contributed by atoms with Crippen molar-refractivity contribution in [3.63, 3.8) is 0 Å². The number of fused-ring (bicyclic) bond motifs is 1. The number of ether oxygens (including phenoxy) is 1. The normalized spacial score (nSPS) is 18.7. The molecular weight excluding hydrogens is 941 g/mol. The standard InChI is InChI=1S/C52H55ClN11O6P/c1-60-31-35(28-55-60)38-26-42(57-52-54-29-40(53)48(59-52)56-41-13-10-34(24-46(41)71(3,4)69)33-8-6-5-7-9-33)45(70-2)27-44(38)63-18-16-32(17-19-63)30-61-20-22-62(23-21-61)36-11-12-37-39(25-36)51(68)64(50(37)67)43-14-15-47(65)58-49(43)66/h5-13,24-29,31-32,43H,14-23,30H2,1-4H3,(H,58,65,66)(H2,54,56,57,59)/i1D3. The van der Waals surface area contributed by atoms with E-state index in [1.54, 1.807) is 38.8 Å². The van der Waals surface area contributed by atoms with E-state index >= 15 is 0 Å². The molecule has 6 heterocycles. The maximum atomic E-state index is 13.7. The Balaban J connectivity index is 0.821. The van der Waals surface area contributed by atoms with Crippen LogP contribution in [-0.2, 0) is 21.1 Å². The van der Waals surface area contributed by atoms with E-state index < -0.39 is 43.8 Å². The fourth-order valence-corrected chi connectivity index (χ4v) is 11.3. The zero-order valence-electron chi connectivity index (χ0n) is 42.5. The molecule has 0 saturated carbocycles. The van der Waals surface area contributed by atoms with Crippen molar-refractivity contribution in [2.24, 2.45) is 12.9 Å². The number of amides is 4. The average Bonchev–Trinajstić information content (AvgIpc) is 3.99. The zero-order valence-corrected chi connectivity index (χ0v) is 41.2. The van der Waals surface area contributed by atoms with Crippen molar-refractivity contribution in [3.8, 4) is 28.0 Å². The van der Waals surface area contributed by atoms with Gasteiger partial charge in [0.25, 0.3) is 11.8 Å². The van der Waals surface area contributed by atoms with Crippen molar-refractivity contribution >= 4 is 82.2 Å². The van der Waals surface area contributed by atoms with Crippen LogP contribution in [0, 0.1) is 5.92 Å². The van der Waals surface area contributed by atoms with Gasteiger partial charge in [0.15, 0.2) is 5.82 Å². The quantitative estimate of drug-likeness (QED) is 0.0768. The number of hydrogen-bond donors (Lipinski definition) is 3. The van der Waals surface area contributed by atoms with Crippen molar-refractivity contribution in [2.45, 2.75) is 31.7 Å². The summed E-state index contributed by atoms with van der Waals surface area (Å²) >= 11 is 6.69. The molecule has 0 bridgehead atoms. The van der Waals surface area contributed by atoms with Crippen LogP contribution in [-0.4, -0.2) is 125 Å². The molecule has 1 atom stereocenters. The molecule has 4 aliphatic rings. The molecule has 17 nitrogen and oxygen atoms in total. The summed E-state index contributed by atoms with van der Waals surface area (Å²) in [7, 11) is -1.21. The summed E-state index contributed by atoms with van der Waals surface area (Å²) < 4.78 is 44.7. The van der Waals surface area contributed by atoms with E-state index in [1.807, 2.05) is 66.7 Å². The number of piperazine rings is 1. The van der Waals surface area contributed by atoms with Crippen LogP contribution >= 0.6 is 18.7 Å². The summed E-state index contributed by atoms with van der Waals surface area (Å²) in [5, 5.41) is 14.0. The molecule has 6 aromatic rings. The SMILES string of the molecule is [2H]C([2H])([2H])n1cc(-c2cc(Nc3ncc(Cl)c(Nc4ccc(-c5ccccc5)cc4P(C)(C)=O)n3)c(OC)cc2N2CCC(CN3CCN(c4ccc5c(c4)C(=O)N(C4CCC(=O)NC4=O)C5=O)CC3)CC2)cn1. The van der Waals surface area contributed by atoms with Gasteiger partial charge in [0, 0.05) is 103 Å². The minimum absolute atomic E-state index is 0.0636. The largest absolute Gasteiger partial charge is 0.494 e. The highest BCUT2D eigenvalue weighted by Gasteiger charge is 2.45.